The predicted octanol–water partition coefficient (Wildman–Crippen LogP) is 4.61. The smallest absolute Gasteiger partial charge is 0.255 e. The van der Waals surface area contributed by atoms with Crippen molar-refractivity contribution in [1.82, 2.24) is 0 Å². The van der Waals surface area contributed by atoms with Crippen LogP contribution in [0.15, 0.2) is 36.4 Å². The van der Waals surface area contributed by atoms with E-state index in [1.54, 1.807) is 12.1 Å². The van der Waals surface area contributed by atoms with Crippen LogP contribution in [-0.2, 0) is 0 Å². The minimum atomic E-state index is -0.180. The third-order valence-corrected chi connectivity index (χ3v) is 3.69. The lowest BCUT2D eigenvalue weighted by atomic mass is 10.0. The van der Waals surface area contributed by atoms with Gasteiger partial charge in [0.2, 0.25) is 0 Å². The van der Waals surface area contributed by atoms with Crippen molar-refractivity contribution in [3.05, 3.63) is 58.1 Å². The highest BCUT2D eigenvalue weighted by molar-refractivity contribution is 6.34. The van der Waals surface area contributed by atoms with Gasteiger partial charge in [-0.25, -0.2) is 0 Å². The zero-order chi connectivity index (χ0) is 15.6. The number of anilines is 2. The molecule has 0 fully saturated rings. The third-order valence-electron chi connectivity index (χ3n) is 3.39. The highest BCUT2D eigenvalue weighted by Gasteiger charge is 2.11. The lowest BCUT2D eigenvalue weighted by molar-refractivity contribution is 0.102. The van der Waals surface area contributed by atoms with Crippen LogP contribution in [0.5, 0.6) is 0 Å². The Bertz CT molecular complexity index is 640. The number of hydrogen-bond donors (Lipinski definition) is 2. The highest BCUT2D eigenvalue weighted by atomic mass is 35.5. The normalized spacial score (nSPS) is 10.7. The Hall–Kier alpha value is -2.00. The first-order valence-corrected chi connectivity index (χ1v) is 7.23. The molecule has 0 aliphatic rings. The van der Waals surface area contributed by atoms with Crippen LogP contribution in [0.3, 0.4) is 0 Å². The van der Waals surface area contributed by atoms with E-state index >= 15 is 0 Å². The van der Waals surface area contributed by atoms with Crippen LogP contribution in [0.4, 0.5) is 11.4 Å². The summed E-state index contributed by atoms with van der Waals surface area (Å²) in [5.41, 5.74) is 9.54. The van der Waals surface area contributed by atoms with Crippen molar-refractivity contribution < 1.29 is 4.79 Å². The molecule has 0 aromatic heterocycles. The number of carbonyl (C=O) groups excluding carboxylic acids is 1. The Morgan fingerprint density at radius 1 is 1.19 bits per heavy atom. The Labute approximate surface area is 130 Å². The van der Waals surface area contributed by atoms with E-state index in [4.69, 9.17) is 17.3 Å². The molecule has 0 saturated carbocycles. The van der Waals surface area contributed by atoms with Crippen molar-refractivity contribution in [2.24, 2.45) is 0 Å². The molecule has 0 aliphatic heterocycles. The second kappa shape index (κ2) is 6.19. The van der Waals surface area contributed by atoms with Gasteiger partial charge in [0.15, 0.2) is 0 Å². The van der Waals surface area contributed by atoms with E-state index in [0.717, 1.165) is 5.56 Å². The average molecular weight is 303 g/mol. The Kier molecular flexibility index (Phi) is 4.53. The number of rotatable bonds is 3. The Morgan fingerprint density at radius 2 is 1.81 bits per heavy atom. The van der Waals surface area contributed by atoms with E-state index in [0.29, 0.717) is 27.9 Å². The summed E-state index contributed by atoms with van der Waals surface area (Å²) in [6.07, 6.45) is 0. The van der Waals surface area contributed by atoms with Crippen molar-refractivity contribution >= 4 is 28.9 Å². The van der Waals surface area contributed by atoms with Crippen LogP contribution in [-0.4, -0.2) is 5.91 Å². The van der Waals surface area contributed by atoms with E-state index in [-0.39, 0.29) is 5.91 Å². The van der Waals surface area contributed by atoms with Gasteiger partial charge in [-0.15, -0.1) is 0 Å². The van der Waals surface area contributed by atoms with Crippen LogP contribution in [0.2, 0.25) is 5.02 Å². The third kappa shape index (κ3) is 3.56. The number of carbonyl (C=O) groups is 1. The molecule has 4 heteroatoms. The van der Waals surface area contributed by atoms with E-state index in [1.807, 2.05) is 31.2 Å². The molecule has 0 radical (unpaired) electrons. The van der Waals surface area contributed by atoms with Gasteiger partial charge in [0.1, 0.15) is 0 Å². The van der Waals surface area contributed by atoms with Crippen LogP contribution in [0.1, 0.15) is 41.3 Å². The molecule has 0 aliphatic carbocycles. The quantitative estimate of drug-likeness (QED) is 0.814. The van der Waals surface area contributed by atoms with Crippen LogP contribution >= 0.6 is 11.6 Å². The fourth-order valence-electron chi connectivity index (χ4n) is 2.13. The molecule has 0 unspecified atom stereocenters. The van der Waals surface area contributed by atoms with Crippen molar-refractivity contribution in [1.29, 1.82) is 0 Å². The van der Waals surface area contributed by atoms with Crippen molar-refractivity contribution in [3.8, 4) is 0 Å². The number of amides is 1. The maximum absolute atomic E-state index is 12.3. The summed E-state index contributed by atoms with van der Waals surface area (Å²) < 4.78 is 0. The summed E-state index contributed by atoms with van der Waals surface area (Å²) in [7, 11) is 0. The van der Waals surface area contributed by atoms with Gasteiger partial charge in [0, 0.05) is 11.3 Å². The predicted molar refractivity (Wildman–Crippen MR) is 89.1 cm³/mol. The van der Waals surface area contributed by atoms with Crippen LogP contribution < -0.4 is 11.1 Å². The Balaban J connectivity index is 2.22. The van der Waals surface area contributed by atoms with Crippen molar-refractivity contribution in [2.75, 3.05) is 11.1 Å². The number of aryl methyl sites for hydroxylation is 1. The second-order valence-electron chi connectivity index (χ2n) is 5.43. The first-order valence-electron chi connectivity index (χ1n) is 6.85. The summed E-state index contributed by atoms with van der Waals surface area (Å²) in [6, 6.07) is 11.0. The molecule has 110 valence electrons. The van der Waals surface area contributed by atoms with Crippen molar-refractivity contribution in [2.45, 2.75) is 26.7 Å². The molecule has 2 aromatic rings. The number of hydrogen-bond acceptors (Lipinski definition) is 2. The molecule has 21 heavy (non-hydrogen) atoms. The van der Waals surface area contributed by atoms with E-state index in [1.165, 1.54) is 5.56 Å². The van der Waals surface area contributed by atoms with Crippen LogP contribution in [0, 0.1) is 6.92 Å². The summed E-state index contributed by atoms with van der Waals surface area (Å²) in [6.45, 7) is 6.10. The summed E-state index contributed by atoms with van der Waals surface area (Å²) in [5.74, 6) is 0.260. The molecule has 1 amide bonds. The van der Waals surface area contributed by atoms with E-state index < -0.39 is 0 Å². The number of nitrogens with two attached hydrogens (primary N) is 1. The molecule has 2 aromatic carbocycles. The van der Waals surface area contributed by atoms with Crippen molar-refractivity contribution in [3.63, 3.8) is 0 Å². The number of halogens is 1. The highest BCUT2D eigenvalue weighted by Crippen LogP contribution is 2.29. The molecule has 3 nitrogen and oxygen atoms in total. The largest absolute Gasteiger partial charge is 0.399 e. The zero-order valence-electron chi connectivity index (χ0n) is 12.4. The standard InChI is InChI=1S/C17H19ClN2O/c1-10(2)12-4-6-13(7-5-12)17(21)20-16-11(3)8-14(19)9-15(16)18/h4-10H,19H2,1-3H3,(H,20,21). The zero-order valence-corrected chi connectivity index (χ0v) is 13.2. The summed E-state index contributed by atoms with van der Waals surface area (Å²) in [5, 5.41) is 3.29. The molecule has 2 rings (SSSR count). The molecular formula is C17H19ClN2O. The minimum absolute atomic E-state index is 0.180. The van der Waals surface area contributed by atoms with Crippen LogP contribution in [0.25, 0.3) is 0 Å². The monoisotopic (exact) mass is 302 g/mol. The SMILES string of the molecule is Cc1cc(N)cc(Cl)c1NC(=O)c1ccc(C(C)C)cc1. The fraction of sp³-hybridized carbons (Fsp3) is 0.235. The van der Waals surface area contributed by atoms with Gasteiger partial charge in [-0.1, -0.05) is 37.6 Å². The van der Waals surface area contributed by atoms with E-state index in [9.17, 15) is 4.79 Å². The summed E-state index contributed by atoms with van der Waals surface area (Å²) >= 11 is 6.14. The van der Waals surface area contributed by atoms with Gasteiger partial charge >= 0.3 is 0 Å². The van der Waals surface area contributed by atoms with Gasteiger partial charge in [-0.2, -0.15) is 0 Å². The van der Waals surface area contributed by atoms with Gasteiger partial charge in [-0.3, -0.25) is 4.79 Å². The molecule has 0 spiro atoms. The van der Waals surface area contributed by atoms with Gasteiger partial charge in [0.05, 0.1) is 10.7 Å². The molecular weight excluding hydrogens is 284 g/mol. The first kappa shape index (κ1) is 15.4. The van der Waals surface area contributed by atoms with Gasteiger partial charge in [0.25, 0.3) is 5.91 Å². The molecule has 0 heterocycles. The molecule has 0 atom stereocenters. The average Bonchev–Trinajstić information content (AvgIpc) is 2.42. The Morgan fingerprint density at radius 3 is 2.33 bits per heavy atom. The topological polar surface area (TPSA) is 55.1 Å². The molecule has 0 saturated heterocycles. The second-order valence-corrected chi connectivity index (χ2v) is 5.83. The van der Waals surface area contributed by atoms with E-state index in [2.05, 4.69) is 19.2 Å². The number of nitrogens with one attached hydrogen (secondary N) is 1. The number of nitrogen functional groups attached to an aromatic ring is 1. The lowest BCUT2D eigenvalue weighted by Gasteiger charge is -2.12. The van der Waals surface area contributed by atoms with Gasteiger partial charge in [-0.05, 0) is 48.2 Å². The maximum atomic E-state index is 12.3. The summed E-state index contributed by atoms with van der Waals surface area (Å²) in [4.78, 5) is 12.3. The molecule has 0 bridgehead atoms. The maximum Gasteiger partial charge on any atom is 0.255 e. The lowest BCUT2D eigenvalue weighted by Crippen LogP contribution is -2.13. The minimum Gasteiger partial charge on any atom is -0.399 e. The number of benzene rings is 2. The van der Waals surface area contributed by atoms with Gasteiger partial charge < -0.3 is 11.1 Å². The first-order chi connectivity index (χ1) is 9.88. The molecule has 3 N–H and O–H groups in total. The fourth-order valence-corrected chi connectivity index (χ4v) is 2.46.